The van der Waals surface area contributed by atoms with Crippen LogP contribution < -0.4 is 0 Å². The van der Waals surface area contributed by atoms with Crippen molar-refractivity contribution >= 4 is 22.9 Å². The summed E-state index contributed by atoms with van der Waals surface area (Å²) in [5, 5.41) is 1.83. The van der Waals surface area contributed by atoms with Gasteiger partial charge in [-0.25, -0.2) is 0 Å². The summed E-state index contributed by atoms with van der Waals surface area (Å²) in [5.41, 5.74) is 0. The minimum Gasteiger partial charge on any atom is -0.381 e. The van der Waals surface area contributed by atoms with E-state index in [2.05, 4.69) is 0 Å². The standard InChI is InChI=1S/C11H14O3S/c1-2-14-6-5-9(12)8-10(13)11-4-3-7-15-11/h3-4,7H,2,5-6,8H2,1H3. The zero-order valence-electron chi connectivity index (χ0n) is 8.69. The van der Waals surface area contributed by atoms with Gasteiger partial charge in [-0.2, -0.15) is 0 Å². The predicted octanol–water partition coefficient (Wildman–Crippen LogP) is 2.32. The van der Waals surface area contributed by atoms with Crippen LogP contribution in [0.5, 0.6) is 0 Å². The molecule has 3 nitrogen and oxygen atoms in total. The summed E-state index contributed by atoms with van der Waals surface area (Å²) < 4.78 is 5.05. The minimum absolute atomic E-state index is 0.00636. The number of rotatable bonds is 7. The average molecular weight is 226 g/mol. The maximum atomic E-state index is 11.5. The number of carbonyl (C=O) groups excluding carboxylic acids is 2. The third-order valence-electron chi connectivity index (χ3n) is 1.88. The average Bonchev–Trinajstić information content (AvgIpc) is 2.70. The molecule has 15 heavy (non-hydrogen) atoms. The highest BCUT2D eigenvalue weighted by atomic mass is 32.1. The van der Waals surface area contributed by atoms with Gasteiger partial charge >= 0.3 is 0 Å². The Morgan fingerprint density at radius 1 is 1.47 bits per heavy atom. The smallest absolute Gasteiger partial charge is 0.180 e. The van der Waals surface area contributed by atoms with E-state index in [0.717, 1.165) is 0 Å². The first-order valence-electron chi connectivity index (χ1n) is 4.90. The lowest BCUT2D eigenvalue weighted by molar-refractivity contribution is -0.119. The van der Waals surface area contributed by atoms with Crippen LogP contribution in [0.3, 0.4) is 0 Å². The molecule has 0 amide bonds. The second-order valence-electron chi connectivity index (χ2n) is 3.06. The molecule has 0 spiro atoms. The van der Waals surface area contributed by atoms with Crippen LogP contribution in [-0.2, 0) is 9.53 Å². The van der Waals surface area contributed by atoms with Crippen LogP contribution in [-0.4, -0.2) is 24.8 Å². The van der Waals surface area contributed by atoms with E-state index in [1.807, 2.05) is 18.4 Å². The van der Waals surface area contributed by atoms with Crippen molar-refractivity contribution in [2.45, 2.75) is 19.8 Å². The van der Waals surface area contributed by atoms with E-state index in [1.165, 1.54) is 11.3 Å². The third-order valence-corrected chi connectivity index (χ3v) is 2.79. The summed E-state index contributed by atoms with van der Waals surface area (Å²) in [7, 11) is 0. The molecule has 0 unspecified atom stereocenters. The summed E-state index contributed by atoms with van der Waals surface area (Å²) in [6.45, 7) is 2.89. The van der Waals surface area contributed by atoms with Crippen LogP contribution in [0, 0.1) is 0 Å². The highest BCUT2D eigenvalue weighted by molar-refractivity contribution is 7.12. The maximum absolute atomic E-state index is 11.5. The van der Waals surface area contributed by atoms with Crippen LogP contribution in [0.4, 0.5) is 0 Å². The molecule has 0 aliphatic heterocycles. The van der Waals surface area contributed by atoms with Crippen molar-refractivity contribution in [3.05, 3.63) is 22.4 Å². The number of hydrogen-bond acceptors (Lipinski definition) is 4. The lowest BCUT2D eigenvalue weighted by atomic mass is 10.1. The van der Waals surface area contributed by atoms with Gasteiger partial charge in [0.15, 0.2) is 5.78 Å². The Balaban J connectivity index is 2.29. The van der Waals surface area contributed by atoms with Crippen molar-refractivity contribution in [3.8, 4) is 0 Å². The van der Waals surface area contributed by atoms with Crippen LogP contribution in [0.25, 0.3) is 0 Å². The lowest BCUT2D eigenvalue weighted by Gasteiger charge is -1.99. The van der Waals surface area contributed by atoms with Gasteiger partial charge in [0.25, 0.3) is 0 Å². The molecule has 0 atom stereocenters. The Morgan fingerprint density at radius 2 is 2.27 bits per heavy atom. The van der Waals surface area contributed by atoms with Gasteiger partial charge < -0.3 is 4.74 Å². The van der Waals surface area contributed by atoms with E-state index < -0.39 is 0 Å². The van der Waals surface area contributed by atoms with Gasteiger partial charge in [0.05, 0.1) is 17.9 Å². The number of ketones is 2. The van der Waals surface area contributed by atoms with Gasteiger partial charge in [-0.3, -0.25) is 9.59 Å². The molecule has 0 saturated carbocycles. The van der Waals surface area contributed by atoms with E-state index in [4.69, 9.17) is 4.74 Å². The normalized spacial score (nSPS) is 10.2. The first-order valence-corrected chi connectivity index (χ1v) is 5.78. The molecule has 1 heterocycles. The summed E-state index contributed by atoms with van der Waals surface area (Å²) in [5.74, 6) is -0.145. The molecule has 0 saturated heterocycles. The molecule has 0 N–H and O–H groups in total. The highest BCUT2D eigenvalue weighted by Gasteiger charge is 2.12. The van der Waals surface area contributed by atoms with Crippen molar-refractivity contribution in [1.29, 1.82) is 0 Å². The van der Waals surface area contributed by atoms with Crippen molar-refractivity contribution in [3.63, 3.8) is 0 Å². The van der Waals surface area contributed by atoms with Gasteiger partial charge in [0.1, 0.15) is 5.78 Å². The highest BCUT2D eigenvalue weighted by Crippen LogP contribution is 2.11. The zero-order valence-corrected chi connectivity index (χ0v) is 9.51. The molecule has 0 bridgehead atoms. The molecule has 0 fully saturated rings. The SMILES string of the molecule is CCOCCC(=O)CC(=O)c1cccs1. The second-order valence-corrected chi connectivity index (χ2v) is 4.01. The van der Waals surface area contributed by atoms with Crippen molar-refractivity contribution in [2.75, 3.05) is 13.2 Å². The fraction of sp³-hybridized carbons (Fsp3) is 0.455. The van der Waals surface area contributed by atoms with Crippen LogP contribution >= 0.6 is 11.3 Å². The first kappa shape index (κ1) is 12.1. The summed E-state index contributed by atoms with van der Waals surface area (Å²) in [6, 6.07) is 3.55. The first-order chi connectivity index (χ1) is 7.24. The Kier molecular flexibility index (Phi) is 5.21. The predicted molar refractivity (Wildman–Crippen MR) is 59.4 cm³/mol. The van der Waals surface area contributed by atoms with E-state index in [9.17, 15) is 9.59 Å². The molecule has 0 aromatic carbocycles. The van der Waals surface area contributed by atoms with E-state index in [-0.39, 0.29) is 18.0 Å². The van der Waals surface area contributed by atoms with Crippen LogP contribution in [0.15, 0.2) is 17.5 Å². The van der Waals surface area contributed by atoms with Gasteiger partial charge in [0, 0.05) is 13.0 Å². The second kappa shape index (κ2) is 6.48. The lowest BCUT2D eigenvalue weighted by Crippen LogP contribution is -2.09. The molecule has 1 aromatic heterocycles. The van der Waals surface area contributed by atoms with Crippen LogP contribution in [0.1, 0.15) is 29.4 Å². The molecular formula is C11H14O3S. The number of thiophene rings is 1. The molecule has 4 heteroatoms. The van der Waals surface area contributed by atoms with Crippen LogP contribution in [0.2, 0.25) is 0 Å². The largest absolute Gasteiger partial charge is 0.381 e. The number of carbonyl (C=O) groups is 2. The fourth-order valence-corrected chi connectivity index (χ4v) is 1.79. The maximum Gasteiger partial charge on any atom is 0.180 e. The zero-order chi connectivity index (χ0) is 11.1. The van der Waals surface area contributed by atoms with E-state index >= 15 is 0 Å². The summed E-state index contributed by atoms with van der Waals surface area (Å²) in [4.78, 5) is 23.5. The monoisotopic (exact) mass is 226 g/mol. The Labute approximate surface area is 93.1 Å². The minimum atomic E-state index is -0.0912. The van der Waals surface area contributed by atoms with Crippen molar-refractivity contribution < 1.29 is 14.3 Å². The quantitative estimate of drug-likeness (QED) is 0.407. The molecule has 1 rings (SSSR count). The third kappa shape index (κ3) is 4.36. The number of Topliss-reactive ketones (excluding diaryl/α,β-unsaturated/α-hetero) is 2. The molecule has 0 aliphatic rings. The van der Waals surface area contributed by atoms with Crippen molar-refractivity contribution in [1.82, 2.24) is 0 Å². The molecule has 82 valence electrons. The molecule has 1 aromatic rings. The molecule has 0 aliphatic carbocycles. The fourth-order valence-electron chi connectivity index (χ4n) is 1.12. The number of ether oxygens (including phenoxy) is 1. The summed E-state index contributed by atoms with van der Waals surface area (Å²) in [6.07, 6.45) is 0.318. The van der Waals surface area contributed by atoms with Gasteiger partial charge in [-0.15, -0.1) is 11.3 Å². The van der Waals surface area contributed by atoms with E-state index in [1.54, 1.807) is 6.07 Å². The number of hydrogen-bond donors (Lipinski definition) is 0. The summed E-state index contributed by atoms with van der Waals surface area (Å²) >= 11 is 1.37. The van der Waals surface area contributed by atoms with E-state index in [0.29, 0.717) is 24.5 Å². The van der Waals surface area contributed by atoms with Gasteiger partial charge in [-0.05, 0) is 18.4 Å². The Bertz CT molecular complexity index is 317. The molecule has 0 radical (unpaired) electrons. The van der Waals surface area contributed by atoms with Gasteiger partial charge in [0.2, 0.25) is 0 Å². The topological polar surface area (TPSA) is 43.4 Å². The molecular weight excluding hydrogens is 212 g/mol. The Hall–Kier alpha value is -1.000. The Morgan fingerprint density at radius 3 is 2.87 bits per heavy atom. The van der Waals surface area contributed by atoms with Gasteiger partial charge in [-0.1, -0.05) is 6.07 Å². The van der Waals surface area contributed by atoms with Crippen molar-refractivity contribution in [2.24, 2.45) is 0 Å².